The maximum atomic E-state index is 12.5. The topological polar surface area (TPSA) is 20.3 Å². The summed E-state index contributed by atoms with van der Waals surface area (Å²) in [5.74, 6) is 0.259. The van der Waals surface area contributed by atoms with Gasteiger partial charge in [0.15, 0.2) is 0 Å². The second kappa shape index (κ2) is 9.59. The van der Waals surface area contributed by atoms with Gasteiger partial charge in [-0.3, -0.25) is 4.79 Å². The Morgan fingerprint density at radius 3 is 2.52 bits per heavy atom. The van der Waals surface area contributed by atoms with Crippen LogP contribution in [0.15, 0.2) is 24.3 Å². The number of hydrogen-bond donors (Lipinski definition) is 0. The molecule has 1 unspecified atom stereocenters. The molecule has 0 heterocycles. The highest BCUT2D eigenvalue weighted by molar-refractivity contribution is 5.93. The summed E-state index contributed by atoms with van der Waals surface area (Å²) in [5, 5.41) is 0. The number of carbonyl (C=O) groups excluding carboxylic acids is 1. The molecule has 1 aromatic carbocycles. The maximum absolute atomic E-state index is 12.5. The number of aryl methyl sites for hydroxylation is 1. The quantitative estimate of drug-likeness (QED) is 0.561. The van der Waals surface area contributed by atoms with Crippen molar-refractivity contribution in [1.82, 2.24) is 0 Å². The number of rotatable bonds is 9. The van der Waals surface area contributed by atoms with Gasteiger partial charge in [-0.05, 0) is 43.9 Å². The number of benzene rings is 1. The largest absolute Gasteiger partial charge is 0.310 e. The van der Waals surface area contributed by atoms with Crippen LogP contribution in [0.3, 0.4) is 0 Å². The first-order valence-corrected chi connectivity index (χ1v) is 8.54. The van der Waals surface area contributed by atoms with E-state index >= 15 is 0 Å². The molecule has 2 nitrogen and oxygen atoms in total. The van der Waals surface area contributed by atoms with Crippen molar-refractivity contribution in [3.05, 3.63) is 29.8 Å². The number of nitrogens with zero attached hydrogens (tertiary/aromatic N) is 1. The molecule has 1 amide bonds. The Labute approximate surface area is 130 Å². The van der Waals surface area contributed by atoms with Gasteiger partial charge < -0.3 is 4.90 Å². The molecular formula is C19H31NO. The molecule has 1 aromatic rings. The third-order valence-electron chi connectivity index (χ3n) is 4.00. The van der Waals surface area contributed by atoms with Crippen molar-refractivity contribution in [2.75, 3.05) is 4.90 Å². The molecule has 0 fully saturated rings. The summed E-state index contributed by atoms with van der Waals surface area (Å²) in [4.78, 5) is 14.6. The molecule has 0 aliphatic carbocycles. The fourth-order valence-corrected chi connectivity index (χ4v) is 2.72. The molecule has 0 N–H and O–H groups in total. The van der Waals surface area contributed by atoms with Crippen molar-refractivity contribution in [2.24, 2.45) is 0 Å². The monoisotopic (exact) mass is 289 g/mol. The highest BCUT2D eigenvalue weighted by atomic mass is 16.2. The molecule has 0 aliphatic rings. The van der Waals surface area contributed by atoms with Crippen molar-refractivity contribution in [1.29, 1.82) is 0 Å². The summed E-state index contributed by atoms with van der Waals surface area (Å²) in [5.41, 5.74) is 2.36. The van der Waals surface area contributed by atoms with Gasteiger partial charge in [0.25, 0.3) is 0 Å². The van der Waals surface area contributed by atoms with E-state index in [4.69, 9.17) is 0 Å². The molecule has 0 aromatic heterocycles. The van der Waals surface area contributed by atoms with Crippen LogP contribution in [0.2, 0.25) is 0 Å². The summed E-state index contributed by atoms with van der Waals surface area (Å²) in [6.07, 6.45) is 7.30. The van der Waals surface area contributed by atoms with Gasteiger partial charge in [0, 0.05) is 18.2 Å². The average molecular weight is 289 g/mol. The predicted octanol–water partition coefficient (Wildman–Crippen LogP) is 5.35. The fourth-order valence-electron chi connectivity index (χ4n) is 2.72. The number of carbonyl (C=O) groups is 1. The van der Waals surface area contributed by atoms with Crippen molar-refractivity contribution in [2.45, 2.75) is 78.7 Å². The molecule has 0 spiro atoms. The van der Waals surface area contributed by atoms with E-state index < -0.39 is 0 Å². The molecule has 0 bridgehead atoms. The van der Waals surface area contributed by atoms with Crippen molar-refractivity contribution < 1.29 is 4.79 Å². The van der Waals surface area contributed by atoms with Gasteiger partial charge in [0.2, 0.25) is 5.91 Å². The Hall–Kier alpha value is -1.31. The van der Waals surface area contributed by atoms with E-state index in [2.05, 4.69) is 52.0 Å². The van der Waals surface area contributed by atoms with Crippen LogP contribution < -0.4 is 4.90 Å². The standard InChI is InChI=1S/C19H31NO/c1-5-8-9-12-16(4)20(19(21)11-6-2)18-14-10-13-17(7-3)15-18/h10,13-16H,5-9,11-12H2,1-4H3. The van der Waals surface area contributed by atoms with Gasteiger partial charge in [-0.15, -0.1) is 0 Å². The first-order chi connectivity index (χ1) is 10.1. The fraction of sp³-hybridized carbons (Fsp3) is 0.632. The third kappa shape index (κ3) is 5.53. The molecule has 0 aliphatic heterocycles. The van der Waals surface area contributed by atoms with Gasteiger partial charge in [-0.25, -0.2) is 0 Å². The second-order valence-corrected chi connectivity index (χ2v) is 5.88. The van der Waals surface area contributed by atoms with Gasteiger partial charge in [-0.1, -0.05) is 52.2 Å². The number of hydrogen-bond acceptors (Lipinski definition) is 1. The first kappa shape index (κ1) is 17.7. The van der Waals surface area contributed by atoms with Crippen LogP contribution in [0.1, 0.15) is 71.8 Å². The summed E-state index contributed by atoms with van der Waals surface area (Å²) in [6.45, 7) is 8.62. The van der Waals surface area contributed by atoms with Crippen LogP contribution in [0.5, 0.6) is 0 Å². The lowest BCUT2D eigenvalue weighted by Gasteiger charge is -2.30. The van der Waals surface area contributed by atoms with E-state index in [1.807, 2.05) is 4.90 Å². The van der Waals surface area contributed by atoms with E-state index in [0.717, 1.165) is 24.9 Å². The molecular weight excluding hydrogens is 258 g/mol. The normalized spacial score (nSPS) is 12.2. The summed E-state index contributed by atoms with van der Waals surface area (Å²) < 4.78 is 0. The van der Waals surface area contributed by atoms with Crippen molar-refractivity contribution in [3.63, 3.8) is 0 Å². The van der Waals surface area contributed by atoms with E-state index in [1.165, 1.54) is 24.8 Å². The number of amides is 1. The van der Waals surface area contributed by atoms with Crippen LogP contribution in [-0.2, 0) is 11.2 Å². The minimum Gasteiger partial charge on any atom is -0.310 e. The van der Waals surface area contributed by atoms with E-state index in [-0.39, 0.29) is 11.9 Å². The van der Waals surface area contributed by atoms with Crippen LogP contribution in [0.25, 0.3) is 0 Å². The Bertz CT molecular complexity index is 427. The molecule has 1 atom stereocenters. The molecule has 0 saturated heterocycles. The molecule has 2 heteroatoms. The smallest absolute Gasteiger partial charge is 0.227 e. The lowest BCUT2D eigenvalue weighted by molar-refractivity contribution is -0.119. The third-order valence-corrected chi connectivity index (χ3v) is 4.00. The van der Waals surface area contributed by atoms with Crippen LogP contribution >= 0.6 is 0 Å². The van der Waals surface area contributed by atoms with Crippen LogP contribution in [0, 0.1) is 0 Å². The summed E-state index contributed by atoms with van der Waals surface area (Å²) >= 11 is 0. The maximum Gasteiger partial charge on any atom is 0.227 e. The first-order valence-electron chi connectivity index (χ1n) is 8.54. The Morgan fingerprint density at radius 1 is 1.14 bits per heavy atom. The van der Waals surface area contributed by atoms with E-state index in [9.17, 15) is 4.79 Å². The summed E-state index contributed by atoms with van der Waals surface area (Å²) in [6, 6.07) is 8.72. The van der Waals surface area contributed by atoms with Gasteiger partial charge >= 0.3 is 0 Å². The lowest BCUT2D eigenvalue weighted by atomic mass is 10.1. The molecule has 21 heavy (non-hydrogen) atoms. The number of anilines is 1. The van der Waals surface area contributed by atoms with Crippen LogP contribution in [-0.4, -0.2) is 11.9 Å². The van der Waals surface area contributed by atoms with Gasteiger partial charge in [0.1, 0.15) is 0 Å². The Kier molecular flexibility index (Phi) is 8.11. The highest BCUT2D eigenvalue weighted by Gasteiger charge is 2.21. The molecule has 0 radical (unpaired) electrons. The second-order valence-electron chi connectivity index (χ2n) is 5.88. The number of unbranched alkanes of at least 4 members (excludes halogenated alkanes) is 2. The Morgan fingerprint density at radius 2 is 1.90 bits per heavy atom. The van der Waals surface area contributed by atoms with E-state index in [1.54, 1.807) is 0 Å². The van der Waals surface area contributed by atoms with Crippen molar-refractivity contribution in [3.8, 4) is 0 Å². The Balaban J connectivity index is 2.92. The molecule has 1 rings (SSSR count). The summed E-state index contributed by atoms with van der Waals surface area (Å²) in [7, 11) is 0. The average Bonchev–Trinajstić information content (AvgIpc) is 2.48. The van der Waals surface area contributed by atoms with E-state index in [0.29, 0.717) is 6.42 Å². The predicted molar refractivity (Wildman–Crippen MR) is 91.8 cm³/mol. The molecule has 0 saturated carbocycles. The zero-order valence-corrected chi connectivity index (χ0v) is 14.2. The zero-order chi connectivity index (χ0) is 15.7. The van der Waals surface area contributed by atoms with Gasteiger partial charge in [-0.2, -0.15) is 0 Å². The van der Waals surface area contributed by atoms with Crippen LogP contribution in [0.4, 0.5) is 5.69 Å². The van der Waals surface area contributed by atoms with Crippen molar-refractivity contribution >= 4 is 11.6 Å². The van der Waals surface area contributed by atoms with Gasteiger partial charge in [0.05, 0.1) is 0 Å². The minimum absolute atomic E-state index is 0.259. The minimum atomic E-state index is 0.259. The zero-order valence-electron chi connectivity index (χ0n) is 14.2. The lowest BCUT2D eigenvalue weighted by Crippen LogP contribution is -2.38. The SMILES string of the molecule is CCCCCC(C)N(C(=O)CCC)c1cccc(CC)c1. The highest BCUT2D eigenvalue weighted by Crippen LogP contribution is 2.23. The molecule has 118 valence electrons.